The van der Waals surface area contributed by atoms with E-state index in [0.29, 0.717) is 42.9 Å². The molecule has 12 heteroatoms. The van der Waals surface area contributed by atoms with Gasteiger partial charge in [-0.25, -0.2) is 18.4 Å². The largest absolute Gasteiger partial charge is 0.488 e. The van der Waals surface area contributed by atoms with Crippen LogP contribution in [0, 0.1) is 24.0 Å². The number of nitrogens with zero attached hydrogens (tertiary/aromatic N) is 2. The molecule has 2 N–H and O–H groups in total. The Kier molecular flexibility index (Phi) is 11.3. The Morgan fingerprint density at radius 3 is 2.20 bits per heavy atom. The Labute approximate surface area is 326 Å². The van der Waals surface area contributed by atoms with Crippen LogP contribution in [0.25, 0.3) is 22.3 Å². The van der Waals surface area contributed by atoms with Gasteiger partial charge in [-0.05, 0) is 92.3 Å². The fraction of sp³-hybridized carbons (Fsp3) is 0.386. The minimum absolute atomic E-state index is 0.00825. The van der Waals surface area contributed by atoms with Crippen molar-refractivity contribution in [1.82, 2.24) is 9.80 Å². The summed E-state index contributed by atoms with van der Waals surface area (Å²) < 4.78 is 48.7. The number of ether oxygens (including phenoxy) is 3. The SMILES string of the molecule is Cc1ccccc1-c1cc(NC(=O)c2cc(F)c(OC3CCN(C(=O)O)[C@H]3C(C)(C)C)c(-c3ccc(F)cc3)c2)ccc1O[C@H]1CCN(C(=O)OC(C)(C)C)C1. The van der Waals surface area contributed by atoms with E-state index >= 15 is 4.39 Å². The molecule has 2 saturated heterocycles. The Hall–Kier alpha value is -5.65. The molecule has 2 heterocycles. The van der Waals surface area contributed by atoms with Crippen LogP contribution in [0.2, 0.25) is 0 Å². The Bertz CT molecular complexity index is 2110. The molecule has 4 aromatic rings. The molecule has 0 spiro atoms. The lowest BCUT2D eigenvalue weighted by Gasteiger charge is -2.37. The second-order valence-electron chi connectivity index (χ2n) is 16.5. The van der Waals surface area contributed by atoms with Crippen molar-refractivity contribution in [2.24, 2.45) is 5.41 Å². The zero-order valence-corrected chi connectivity index (χ0v) is 32.8. The van der Waals surface area contributed by atoms with E-state index in [2.05, 4.69) is 5.32 Å². The second kappa shape index (κ2) is 15.8. The minimum atomic E-state index is -1.09. The first-order chi connectivity index (χ1) is 26.4. The number of nitrogens with one attached hydrogen (secondary N) is 1. The van der Waals surface area contributed by atoms with E-state index in [1.165, 1.54) is 35.2 Å². The molecule has 56 heavy (non-hydrogen) atoms. The third-order valence-corrected chi connectivity index (χ3v) is 9.97. The van der Waals surface area contributed by atoms with Gasteiger partial charge in [0.05, 0.1) is 12.6 Å². The lowest BCUT2D eigenvalue weighted by Crippen LogP contribution is -2.48. The number of anilines is 1. The predicted molar refractivity (Wildman–Crippen MR) is 210 cm³/mol. The normalized spacial score (nSPS) is 18.5. The van der Waals surface area contributed by atoms with Crippen LogP contribution in [0.4, 0.5) is 24.1 Å². The molecule has 2 aliphatic rings. The smallest absolute Gasteiger partial charge is 0.410 e. The van der Waals surface area contributed by atoms with Crippen molar-refractivity contribution in [3.05, 3.63) is 102 Å². The van der Waals surface area contributed by atoms with E-state index in [9.17, 15) is 23.9 Å². The number of hydrogen-bond donors (Lipinski definition) is 2. The lowest BCUT2D eigenvalue weighted by molar-refractivity contribution is 0.0275. The molecule has 296 valence electrons. The molecule has 4 aromatic carbocycles. The average molecular weight is 770 g/mol. The van der Waals surface area contributed by atoms with Crippen LogP contribution >= 0.6 is 0 Å². The first-order valence-corrected chi connectivity index (χ1v) is 18.8. The van der Waals surface area contributed by atoms with Gasteiger partial charge in [-0.1, -0.05) is 57.2 Å². The lowest BCUT2D eigenvalue weighted by atomic mass is 9.83. The number of halogens is 2. The molecule has 1 unspecified atom stereocenters. The third kappa shape index (κ3) is 9.07. The molecule has 3 amide bonds. The van der Waals surface area contributed by atoms with Gasteiger partial charge in [0.15, 0.2) is 11.6 Å². The van der Waals surface area contributed by atoms with Gasteiger partial charge in [0.25, 0.3) is 5.91 Å². The minimum Gasteiger partial charge on any atom is -0.488 e. The summed E-state index contributed by atoms with van der Waals surface area (Å²) in [6.07, 6.45) is -1.49. The quantitative estimate of drug-likeness (QED) is 0.183. The average Bonchev–Trinajstić information content (AvgIpc) is 3.78. The maximum absolute atomic E-state index is 16.3. The monoisotopic (exact) mass is 769 g/mol. The molecular weight excluding hydrogens is 720 g/mol. The van der Waals surface area contributed by atoms with Gasteiger partial charge < -0.3 is 34.4 Å². The van der Waals surface area contributed by atoms with Crippen molar-refractivity contribution >= 4 is 23.8 Å². The second-order valence-corrected chi connectivity index (χ2v) is 16.5. The first kappa shape index (κ1) is 40.0. The number of benzene rings is 4. The highest BCUT2D eigenvalue weighted by atomic mass is 19.1. The van der Waals surface area contributed by atoms with Crippen LogP contribution < -0.4 is 14.8 Å². The number of rotatable bonds is 8. The van der Waals surface area contributed by atoms with Gasteiger partial charge in [0, 0.05) is 48.3 Å². The van der Waals surface area contributed by atoms with Gasteiger partial charge in [0.2, 0.25) is 0 Å². The van der Waals surface area contributed by atoms with Gasteiger partial charge >= 0.3 is 12.2 Å². The third-order valence-electron chi connectivity index (χ3n) is 9.97. The van der Waals surface area contributed by atoms with Crippen LogP contribution in [-0.4, -0.2) is 76.5 Å². The van der Waals surface area contributed by atoms with Gasteiger partial charge in [-0.2, -0.15) is 0 Å². The maximum Gasteiger partial charge on any atom is 0.410 e. The van der Waals surface area contributed by atoms with E-state index in [1.54, 1.807) is 23.1 Å². The fourth-order valence-electron chi connectivity index (χ4n) is 7.46. The Morgan fingerprint density at radius 1 is 0.821 bits per heavy atom. The predicted octanol–water partition coefficient (Wildman–Crippen LogP) is 9.79. The molecule has 2 fully saturated rings. The molecule has 0 aromatic heterocycles. The zero-order valence-electron chi connectivity index (χ0n) is 32.8. The molecule has 2 aliphatic heterocycles. The Morgan fingerprint density at radius 2 is 1.54 bits per heavy atom. The summed E-state index contributed by atoms with van der Waals surface area (Å²) in [6.45, 7) is 14.2. The van der Waals surface area contributed by atoms with Crippen molar-refractivity contribution in [2.75, 3.05) is 25.0 Å². The van der Waals surface area contributed by atoms with Gasteiger partial charge in [-0.15, -0.1) is 0 Å². The number of carboxylic acid groups (broad SMARTS) is 1. The molecule has 6 rings (SSSR count). The number of aryl methyl sites for hydroxylation is 1. The Balaban J connectivity index is 1.29. The molecule has 10 nitrogen and oxygen atoms in total. The zero-order chi connectivity index (χ0) is 40.5. The van der Waals surface area contributed by atoms with Crippen molar-refractivity contribution in [1.29, 1.82) is 0 Å². The van der Waals surface area contributed by atoms with Crippen LogP contribution in [0.1, 0.15) is 70.3 Å². The van der Waals surface area contributed by atoms with Gasteiger partial charge in [0.1, 0.15) is 29.4 Å². The summed E-state index contributed by atoms with van der Waals surface area (Å²) >= 11 is 0. The first-order valence-electron chi connectivity index (χ1n) is 18.8. The fourth-order valence-corrected chi connectivity index (χ4v) is 7.46. The summed E-state index contributed by atoms with van der Waals surface area (Å²) in [5.74, 6) is -1.49. The summed E-state index contributed by atoms with van der Waals surface area (Å²) in [7, 11) is 0. The van der Waals surface area contributed by atoms with Crippen molar-refractivity contribution in [3.8, 4) is 33.8 Å². The standard InChI is InChI=1S/C44H49F2N3O7/c1-26-10-8-9-11-32(26)34-24-30(16-17-36(34)54-31-18-20-48(25-31)42(53)56-44(5,6)7)47-40(50)28-22-33(27-12-14-29(45)15-13-27)38(35(46)23-28)55-37-19-21-49(41(51)52)39(37)43(2,3)4/h8-17,22-24,31,37,39H,18-21,25H2,1-7H3,(H,47,50)(H,51,52)/t31-,37?,39+/m0/s1. The number of likely N-dealkylation sites (tertiary alicyclic amines) is 2. The van der Waals surface area contributed by atoms with Crippen LogP contribution in [0.5, 0.6) is 11.5 Å². The van der Waals surface area contributed by atoms with E-state index in [0.717, 1.165) is 22.8 Å². The highest BCUT2D eigenvalue weighted by Gasteiger charge is 2.46. The number of hydrogen-bond acceptors (Lipinski definition) is 6. The van der Waals surface area contributed by atoms with Crippen molar-refractivity contribution in [2.45, 2.75) is 85.2 Å². The highest BCUT2D eigenvalue weighted by Crippen LogP contribution is 2.41. The topological polar surface area (TPSA) is 118 Å². The van der Waals surface area contributed by atoms with E-state index in [4.69, 9.17) is 14.2 Å². The number of amides is 3. The maximum atomic E-state index is 16.3. The summed E-state index contributed by atoms with van der Waals surface area (Å²) in [4.78, 5) is 41.7. The van der Waals surface area contributed by atoms with E-state index < -0.39 is 52.9 Å². The number of carbonyl (C=O) groups excluding carboxylic acids is 2. The van der Waals surface area contributed by atoms with E-state index in [1.807, 2.05) is 72.7 Å². The molecule has 0 radical (unpaired) electrons. The molecule has 0 aliphatic carbocycles. The van der Waals surface area contributed by atoms with Crippen LogP contribution in [0.15, 0.2) is 78.9 Å². The molecular formula is C44H49F2N3O7. The van der Waals surface area contributed by atoms with Crippen molar-refractivity contribution < 1.29 is 42.5 Å². The summed E-state index contributed by atoms with van der Waals surface area (Å²) in [6, 6.07) is 20.5. The van der Waals surface area contributed by atoms with E-state index in [-0.39, 0.29) is 29.5 Å². The van der Waals surface area contributed by atoms with Crippen LogP contribution in [-0.2, 0) is 4.74 Å². The van der Waals surface area contributed by atoms with Crippen molar-refractivity contribution in [3.63, 3.8) is 0 Å². The molecule has 0 saturated carbocycles. The summed E-state index contributed by atoms with van der Waals surface area (Å²) in [5.41, 5.74) is 2.50. The van der Waals surface area contributed by atoms with Crippen LogP contribution in [0.3, 0.4) is 0 Å². The molecule has 3 atom stereocenters. The molecule has 0 bridgehead atoms. The summed E-state index contributed by atoms with van der Waals surface area (Å²) in [5, 5.41) is 12.8. The van der Waals surface area contributed by atoms with Gasteiger partial charge in [-0.3, -0.25) is 4.79 Å². The highest BCUT2D eigenvalue weighted by molar-refractivity contribution is 6.05. The number of carbonyl (C=O) groups is 3.